The molecule has 160 valence electrons. The first kappa shape index (κ1) is 21.7. The number of hydrogen-bond donors (Lipinski definition) is 3. The van der Waals surface area contributed by atoms with Gasteiger partial charge in [0.25, 0.3) is 5.60 Å². The summed E-state index contributed by atoms with van der Waals surface area (Å²) < 4.78 is 79.4. The fourth-order valence-electron chi connectivity index (χ4n) is 3.34. The number of carboxylic acids is 1. The van der Waals surface area contributed by atoms with Crippen molar-refractivity contribution in [2.45, 2.75) is 31.3 Å². The number of benzene rings is 2. The summed E-state index contributed by atoms with van der Waals surface area (Å²) in [6.07, 6.45) is -11.9. The lowest BCUT2D eigenvalue weighted by Gasteiger charge is -2.32. The summed E-state index contributed by atoms with van der Waals surface area (Å²) >= 11 is 0. The molecule has 3 rings (SSSR count). The molecule has 30 heavy (non-hydrogen) atoms. The summed E-state index contributed by atoms with van der Waals surface area (Å²) in [4.78, 5) is 14.0. The van der Waals surface area contributed by atoms with Gasteiger partial charge in [-0.05, 0) is 48.7 Å². The van der Waals surface area contributed by atoms with Crippen LogP contribution in [0.4, 0.5) is 26.3 Å². The molecule has 0 aliphatic heterocycles. The number of nitrogens with one attached hydrogen (secondary N) is 1. The molecule has 0 saturated carbocycles. The molecule has 3 aromatic rings. The van der Waals surface area contributed by atoms with E-state index in [1.807, 2.05) is 0 Å². The number of hydrogen-bond acceptors (Lipinski definition) is 2. The second-order valence-corrected chi connectivity index (χ2v) is 6.88. The Bertz CT molecular complexity index is 1100. The van der Waals surface area contributed by atoms with E-state index in [2.05, 4.69) is 4.98 Å². The van der Waals surface area contributed by atoms with Crippen LogP contribution in [0, 0.1) is 6.92 Å². The van der Waals surface area contributed by atoms with Crippen LogP contribution in [0.3, 0.4) is 0 Å². The first-order valence-corrected chi connectivity index (χ1v) is 8.55. The fraction of sp³-hybridized carbons (Fsp3) is 0.250. The highest BCUT2D eigenvalue weighted by Crippen LogP contribution is 2.50. The first-order valence-electron chi connectivity index (χ1n) is 8.55. The second kappa shape index (κ2) is 7.05. The number of aliphatic hydroxyl groups is 1. The highest BCUT2D eigenvalue weighted by Gasteiger charge is 2.71. The quantitative estimate of drug-likeness (QED) is 0.505. The molecule has 0 amide bonds. The Morgan fingerprint density at radius 3 is 2.20 bits per heavy atom. The van der Waals surface area contributed by atoms with E-state index < -0.39 is 29.5 Å². The fourth-order valence-corrected chi connectivity index (χ4v) is 3.34. The molecule has 4 nitrogen and oxygen atoms in total. The minimum absolute atomic E-state index is 0.00537. The third-order valence-corrected chi connectivity index (χ3v) is 4.91. The molecule has 0 aliphatic carbocycles. The van der Waals surface area contributed by atoms with E-state index in [0.29, 0.717) is 29.0 Å². The Hall–Kier alpha value is -3.01. The maximum atomic E-state index is 13.2. The molecule has 10 heteroatoms. The van der Waals surface area contributed by atoms with Crippen molar-refractivity contribution in [3.8, 4) is 0 Å². The topological polar surface area (TPSA) is 73.3 Å². The van der Waals surface area contributed by atoms with Crippen LogP contribution in [0.25, 0.3) is 10.9 Å². The molecule has 0 atom stereocenters. The van der Waals surface area contributed by atoms with Gasteiger partial charge in [0.15, 0.2) is 0 Å². The lowest BCUT2D eigenvalue weighted by Crippen LogP contribution is -2.53. The minimum Gasteiger partial charge on any atom is -0.478 e. The van der Waals surface area contributed by atoms with E-state index in [-0.39, 0.29) is 22.9 Å². The van der Waals surface area contributed by atoms with Crippen molar-refractivity contribution in [2.24, 2.45) is 0 Å². The smallest absolute Gasteiger partial charge is 0.430 e. The summed E-state index contributed by atoms with van der Waals surface area (Å²) in [6.45, 7) is 1.59. The standard InChI is InChI=1S/C20H15F6NO3/c1-10-14(8-11-3-2-4-12(7-11)17(28)29)15-9-13(5-6-16(15)27-10)18(30,19(21,22)23)20(24,25)26/h2-7,9,27,30H,8H2,1H3,(H,28,29). The average molecular weight is 431 g/mol. The van der Waals surface area contributed by atoms with Gasteiger partial charge in [0, 0.05) is 22.2 Å². The molecule has 0 aliphatic rings. The normalized spacial score (nSPS) is 13.1. The van der Waals surface area contributed by atoms with Crippen molar-refractivity contribution in [3.05, 3.63) is 70.4 Å². The van der Waals surface area contributed by atoms with Crippen molar-refractivity contribution in [3.63, 3.8) is 0 Å². The molecule has 0 saturated heterocycles. The summed E-state index contributed by atoms with van der Waals surface area (Å²) in [5, 5.41) is 18.8. The Kier molecular flexibility index (Phi) is 5.10. The van der Waals surface area contributed by atoms with Gasteiger partial charge < -0.3 is 15.2 Å². The van der Waals surface area contributed by atoms with Crippen molar-refractivity contribution in [2.75, 3.05) is 0 Å². The number of fused-ring (bicyclic) bond motifs is 1. The predicted molar refractivity (Wildman–Crippen MR) is 95.2 cm³/mol. The van der Waals surface area contributed by atoms with Crippen LogP contribution >= 0.6 is 0 Å². The number of carboxylic acid groups (broad SMARTS) is 1. The van der Waals surface area contributed by atoms with Crippen LogP contribution in [-0.2, 0) is 12.0 Å². The average Bonchev–Trinajstić information content (AvgIpc) is 2.94. The highest BCUT2D eigenvalue weighted by molar-refractivity contribution is 5.88. The molecule has 0 spiro atoms. The molecule has 3 N–H and O–H groups in total. The Morgan fingerprint density at radius 1 is 1.00 bits per heavy atom. The van der Waals surface area contributed by atoms with Gasteiger partial charge in [0.2, 0.25) is 0 Å². The van der Waals surface area contributed by atoms with E-state index in [9.17, 15) is 36.2 Å². The maximum absolute atomic E-state index is 13.2. The van der Waals surface area contributed by atoms with Crippen LogP contribution < -0.4 is 0 Å². The van der Waals surface area contributed by atoms with E-state index >= 15 is 0 Å². The number of H-pyrrole nitrogens is 1. The summed E-state index contributed by atoms with van der Waals surface area (Å²) in [6, 6.07) is 8.09. The third kappa shape index (κ3) is 3.51. The van der Waals surface area contributed by atoms with Crippen LogP contribution in [0.5, 0.6) is 0 Å². The van der Waals surface area contributed by atoms with Crippen LogP contribution in [0.15, 0.2) is 42.5 Å². The highest BCUT2D eigenvalue weighted by atomic mass is 19.4. The SMILES string of the molecule is Cc1[nH]c2ccc(C(O)(C(F)(F)F)C(F)(F)F)cc2c1Cc1cccc(C(=O)O)c1. The van der Waals surface area contributed by atoms with E-state index in [1.165, 1.54) is 18.2 Å². The number of rotatable bonds is 4. The number of alkyl halides is 6. The second-order valence-electron chi connectivity index (χ2n) is 6.88. The minimum atomic E-state index is -5.99. The molecule has 0 radical (unpaired) electrons. The van der Waals surface area contributed by atoms with Gasteiger partial charge >= 0.3 is 18.3 Å². The van der Waals surface area contributed by atoms with Gasteiger partial charge in [0.1, 0.15) is 0 Å². The molecule has 0 fully saturated rings. The Morgan fingerprint density at radius 2 is 1.63 bits per heavy atom. The lowest BCUT2D eigenvalue weighted by atomic mass is 9.90. The number of aromatic carboxylic acids is 1. The van der Waals surface area contributed by atoms with Gasteiger partial charge in [-0.1, -0.05) is 18.2 Å². The van der Waals surface area contributed by atoms with Gasteiger partial charge in [-0.3, -0.25) is 0 Å². The zero-order valence-corrected chi connectivity index (χ0v) is 15.3. The van der Waals surface area contributed by atoms with E-state index in [4.69, 9.17) is 5.11 Å². The molecule has 1 heterocycles. The van der Waals surface area contributed by atoms with Crippen molar-refractivity contribution < 1.29 is 41.4 Å². The molecular weight excluding hydrogens is 416 g/mol. The number of halogens is 6. The zero-order chi connectivity index (χ0) is 22.5. The van der Waals surface area contributed by atoms with Crippen LogP contribution in [0.1, 0.15) is 32.7 Å². The van der Waals surface area contributed by atoms with Crippen molar-refractivity contribution in [1.82, 2.24) is 4.98 Å². The number of aryl methyl sites for hydroxylation is 1. The monoisotopic (exact) mass is 431 g/mol. The molecular formula is C20H15F6NO3. The Balaban J connectivity index is 2.16. The lowest BCUT2D eigenvalue weighted by molar-refractivity contribution is -0.376. The molecule has 0 unspecified atom stereocenters. The maximum Gasteiger partial charge on any atom is 0.430 e. The number of carbonyl (C=O) groups is 1. The zero-order valence-electron chi connectivity index (χ0n) is 15.3. The van der Waals surface area contributed by atoms with Crippen LogP contribution in [-0.4, -0.2) is 33.5 Å². The van der Waals surface area contributed by atoms with E-state index in [0.717, 1.165) is 6.07 Å². The van der Waals surface area contributed by atoms with Crippen LogP contribution in [0.2, 0.25) is 0 Å². The van der Waals surface area contributed by atoms with Gasteiger partial charge in [-0.25, -0.2) is 4.79 Å². The van der Waals surface area contributed by atoms with Crippen molar-refractivity contribution >= 4 is 16.9 Å². The van der Waals surface area contributed by atoms with Gasteiger partial charge in [-0.15, -0.1) is 0 Å². The van der Waals surface area contributed by atoms with Crippen molar-refractivity contribution in [1.29, 1.82) is 0 Å². The molecule has 1 aromatic heterocycles. The van der Waals surface area contributed by atoms with E-state index in [1.54, 1.807) is 13.0 Å². The predicted octanol–water partition coefficient (Wildman–Crippen LogP) is 5.08. The number of aromatic amines is 1. The van der Waals surface area contributed by atoms with Gasteiger partial charge in [0.05, 0.1) is 5.56 Å². The largest absolute Gasteiger partial charge is 0.478 e. The Labute approximate surface area is 165 Å². The summed E-state index contributed by atoms with van der Waals surface area (Å²) in [5.74, 6) is -1.17. The summed E-state index contributed by atoms with van der Waals surface area (Å²) in [7, 11) is 0. The number of aromatic nitrogens is 1. The first-order chi connectivity index (χ1) is 13.8. The third-order valence-electron chi connectivity index (χ3n) is 4.91. The summed E-state index contributed by atoms with van der Waals surface area (Å²) in [5.41, 5.74) is -4.71. The van der Waals surface area contributed by atoms with Gasteiger partial charge in [-0.2, -0.15) is 26.3 Å². The molecule has 2 aromatic carbocycles. The molecule has 0 bridgehead atoms.